The molecule has 12 nitrogen and oxygen atoms in total. The van der Waals surface area contributed by atoms with Crippen molar-refractivity contribution in [3.8, 4) is 28.7 Å². The van der Waals surface area contributed by atoms with E-state index in [4.69, 9.17) is 14.2 Å². The molecule has 8 rings (SSSR count). The Balaban J connectivity index is 1.22. The fourth-order valence-electron chi connectivity index (χ4n) is 10.0. The minimum Gasteiger partial charge on any atom is -0.508 e. The molecule has 0 bridgehead atoms. The number of aromatic nitrogens is 1. The SMILES string of the molecule is CCc1ccc2ccccc2c1Cc1c(CC(Cc2cc[nH]c2)C(O)CC(=O)C2(c3cc(O)cc(CNC)c3)C=CC3SSCC(C)(O)CNCOc4c(OCO)ccc(c43)C2)ccc(O)c1OC. The fourth-order valence-corrected chi connectivity index (χ4v) is 13.0. The van der Waals surface area contributed by atoms with Gasteiger partial charge in [-0.3, -0.25) is 10.1 Å². The largest absolute Gasteiger partial charge is 0.508 e. The zero-order chi connectivity index (χ0) is 48.7. The number of carbonyl (C=O) groups is 1. The van der Waals surface area contributed by atoms with Crippen molar-refractivity contribution in [2.75, 3.05) is 40.0 Å². The van der Waals surface area contributed by atoms with Gasteiger partial charge in [0.25, 0.3) is 0 Å². The molecule has 1 aromatic heterocycles. The van der Waals surface area contributed by atoms with E-state index in [-0.39, 0.29) is 43.4 Å². The van der Waals surface area contributed by atoms with Crippen LogP contribution in [0.1, 0.15) is 75.6 Å². The van der Waals surface area contributed by atoms with E-state index < -0.39 is 35.1 Å². The van der Waals surface area contributed by atoms with Gasteiger partial charge in [0.05, 0.1) is 29.5 Å². The summed E-state index contributed by atoms with van der Waals surface area (Å²) >= 11 is 0. The lowest BCUT2D eigenvalue weighted by Gasteiger charge is -2.33. The van der Waals surface area contributed by atoms with E-state index in [9.17, 15) is 25.5 Å². The third kappa shape index (κ3) is 11.1. The van der Waals surface area contributed by atoms with Gasteiger partial charge in [0.15, 0.2) is 29.8 Å². The van der Waals surface area contributed by atoms with Crippen LogP contribution in [0.5, 0.6) is 28.7 Å². The number of ether oxygens (including phenoxy) is 3. The first-order valence-electron chi connectivity index (χ1n) is 23.5. The van der Waals surface area contributed by atoms with E-state index in [1.807, 2.05) is 68.0 Å². The molecule has 364 valence electrons. The minimum absolute atomic E-state index is 0.00699. The predicted molar refractivity (Wildman–Crippen MR) is 275 cm³/mol. The number of aryl methyl sites for hydroxylation is 1. The Hall–Kier alpha value is -5.45. The van der Waals surface area contributed by atoms with E-state index in [2.05, 4.69) is 46.8 Å². The zero-order valence-corrected chi connectivity index (χ0v) is 41.2. The molecular weight excluding hydrogens is 911 g/mol. The van der Waals surface area contributed by atoms with E-state index in [0.717, 1.165) is 56.1 Å². The molecule has 0 saturated carbocycles. The van der Waals surface area contributed by atoms with Crippen LogP contribution in [-0.4, -0.2) is 88.0 Å². The molecule has 0 spiro atoms. The molecule has 2 heterocycles. The summed E-state index contributed by atoms with van der Waals surface area (Å²) in [5.41, 5.74) is 5.48. The fraction of sp³-hybridized carbons (Fsp3) is 0.364. The van der Waals surface area contributed by atoms with E-state index in [1.165, 1.54) is 27.2 Å². The summed E-state index contributed by atoms with van der Waals surface area (Å²) in [5, 5.41) is 64.6. The molecule has 5 aromatic carbocycles. The second-order valence-electron chi connectivity index (χ2n) is 18.4. The average Bonchev–Trinajstić information content (AvgIpc) is 3.78. The van der Waals surface area contributed by atoms with Crippen LogP contribution in [0.2, 0.25) is 0 Å². The van der Waals surface area contributed by atoms with Crippen molar-refractivity contribution in [1.82, 2.24) is 15.6 Å². The summed E-state index contributed by atoms with van der Waals surface area (Å²) in [6.45, 7) is 4.10. The van der Waals surface area contributed by atoms with Crippen LogP contribution in [0.15, 0.2) is 109 Å². The quantitative estimate of drug-likeness (QED) is 0.0248. The number of rotatable bonds is 17. The number of nitrogens with one attached hydrogen (secondary N) is 3. The van der Waals surface area contributed by atoms with Crippen molar-refractivity contribution in [3.05, 3.63) is 160 Å². The number of carbonyl (C=O) groups excluding carboxylic acids is 1. The molecule has 1 aliphatic carbocycles. The maximum Gasteiger partial charge on any atom is 0.186 e. The number of aromatic amines is 1. The van der Waals surface area contributed by atoms with Crippen molar-refractivity contribution in [2.24, 2.45) is 5.92 Å². The van der Waals surface area contributed by atoms with Gasteiger partial charge in [0, 0.05) is 55.2 Å². The van der Waals surface area contributed by atoms with Gasteiger partial charge in [-0.15, -0.1) is 0 Å². The maximum atomic E-state index is 15.8. The molecule has 5 unspecified atom stereocenters. The van der Waals surface area contributed by atoms with Gasteiger partial charge in [-0.2, -0.15) is 0 Å². The summed E-state index contributed by atoms with van der Waals surface area (Å²) in [6.07, 6.45) is 8.54. The highest BCUT2D eigenvalue weighted by molar-refractivity contribution is 8.76. The van der Waals surface area contributed by atoms with Crippen LogP contribution in [0, 0.1) is 5.92 Å². The highest BCUT2D eigenvalue weighted by Gasteiger charge is 2.44. The molecule has 0 saturated heterocycles. The molecule has 8 N–H and O–H groups in total. The Labute approximate surface area is 411 Å². The molecule has 0 amide bonds. The number of phenols is 2. The molecule has 1 aliphatic heterocycles. The number of hydrogen-bond acceptors (Lipinski definition) is 13. The van der Waals surface area contributed by atoms with Gasteiger partial charge in [-0.25, -0.2) is 0 Å². The number of phenolic OH excluding ortho intramolecular Hbond substituents is 2. The van der Waals surface area contributed by atoms with Crippen molar-refractivity contribution < 1.29 is 44.5 Å². The first-order valence-corrected chi connectivity index (χ1v) is 25.9. The molecule has 69 heavy (non-hydrogen) atoms. The molecule has 6 aromatic rings. The van der Waals surface area contributed by atoms with Crippen molar-refractivity contribution in [1.29, 1.82) is 0 Å². The number of aromatic hydroxyl groups is 2. The lowest BCUT2D eigenvalue weighted by Crippen LogP contribution is -2.41. The number of ketones is 1. The molecule has 2 aliphatic rings. The van der Waals surface area contributed by atoms with Crippen LogP contribution < -0.4 is 24.8 Å². The average molecular weight is 974 g/mol. The molecule has 0 fully saturated rings. The molecular formula is C55H63N3O9S2. The lowest BCUT2D eigenvalue weighted by atomic mass is 9.69. The normalized spacial score (nSPS) is 20.2. The van der Waals surface area contributed by atoms with Crippen LogP contribution in [0.3, 0.4) is 0 Å². The second kappa shape index (κ2) is 22.1. The Morgan fingerprint density at radius 2 is 1.83 bits per heavy atom. The Morgan fingerprint density at radius 1 is 1.00 bits per heavy atom. The maximum absolute atomic E-state index is 15.8. The number of fused-ring (bicyclic) bond motifs is 1. The van der Waals surface area contributed by atoms with Gasteiger partial charge >= 0.3 is 0 Å². The summed E-state index contributed by atoms with van der Waals surface area (Å²) in [6, 6.07) is 27.0. The van der Waals surface area contributed by atoms with Gasteiger partial charge in [-0.05, 0) is 126 Å². The van der Waals surface area contributed by atoms with Gasteiger partial charge < -0.3 is 50.0 Å². The number of Topliss-reactive ketones (excluding diaryl/α,β-unsaturated/α-hetero) is 1. The standard InChI is InChI=1S/C55H63N3O9S2/c1-5-36-10-11-37-8-6-7-9-43(37)44(36)25-45-38(12-14-46(61)52(45)65-4)23-40(20-34-17-19-57-29-34)47(62)26-50(63)55(41-21-35(28-56-3)22-42(60)24-41)18-16-49-51-39(27-55)13-15-48(67-33-59)53(51)66-32-58-30-54(2,64)31-68-69-49/h6-19,21-22,24,29,40,47,49,56-62,64H,5,20,23,25-28,30-33H2,1-4H3. The number of aliphatic hydroxyl groups is 3. The second-order valence-corrected chi connectivity index (χ2v) is 21.0. The number of methoxy groups -OCH3 is 1. The Bertz CT molecular complexity index is 2780. The number of aliphatic hydroxyl groups excluding tert-OH is 2. The minimum atomic E-state index is -1.38. The predicted octanol–water partition coefficient (Wildman–Crippen LogP) is 8.37. The summed E-state index contributed by atoms with van der Waals surface area (Å²) < 4.78 is 18.1. The van der Waals surface area contributed by atoms with Crippen LogP contribution in [-0.2, 0) is 48.9 Å². The molecule has 14 heteroatoms. The van der Waals surface area contributed by atoms with E-state index >= 15 is 4.79 Å². The lowest BCUT2D eigenvalue weighted by molar-refractivity contribution is -0.125. The number of H-pyrrole nitrogens is 1. The van der Waals surface area contributed by atoms with Crippen LogP contribution >= 0.6 is 21.6 Å². The number of hydrogen-bond donors (Lipinski definition) is 8. The highest BCUT2D eigenvalue weighted by Crippen LogP contribution is 2.52. The Kier molecular flexibility index (Phi) is 16.0. The third-order valence-electron chi connectivity index (χ3n) is 13.5. The first-order chi connectivity index (χ1) is 33.4. The van der Waals surface area contributed by atoms with E-state index in [0.29, 0.717) is 54.4 Å². The highest BCUT2D eigenvalue weighted by atomic mass is 33.1. The topological polar surface area (TPSA) is 186 Å². The van der Waals surface area contributed by atoms with Gasteiger partial charge in [0.1, 0.15) is 18.3 Å². The van der Waals surface area contributed by atoms with Crippen LogP contribution in [0.4, 0.5) is 0 Å². The van der Waals surface area contributed by atoms with E-state index in [1.54, 1.807) is 38.3 Å². The van der Waals surface area contributed by atoms with Gasteiger partial charge in [-0.1, -0.05) is 95.3 Å². The summed E-state index contributed by atoms with van der Waals surface area (Å²) in [7, 11) is 6.41. The smallest absolute Gasteiger partial charge is 0.186 e. The monoisotopic (exact) mass is 973 g/mol. The summed E-state index contributed by atoms with van der Waals surface area (Å²) in [5.74, 6) is 0.844. The van der Waals surface area contributed by atoms with Crippen molar-refractivity contribution in [3.63, 3.8) is 0 Å². The number of allylic oxidation sites excluding steroid dienone is 1. The first kappa shape index (κ1) is 50.0. The summed E-state index contributed by atoms with van der Waals surface area (Å²) in [4.78, 5) is 19.0. The third-order valence-corrected chi connectivity index (χ3v) is 16.4. The van der Waals surface area contributed by atoms with Crippen LogP contribution in [0.25, 0.3) is 10.8 Å². The van der Waals surface area contributed by atoms with Crippen molar-refractivity contribution >= 4 is 38.1 Å². The molecule has 5 atom stereocenters. The number of benzene rings is 5. The molecule has 0 radical (unpaired) electrons. The Morgan fingerprint density at radius 3 is 2.59 bits per heavy atom. The van der Waals surface area contributed by atoms with Gasteiger partial charge in [0.2, 0.25) is 0 Å². The zero-order valence-electron chi connectivity index (χ0n) is 39.6. The van der Waals surface area contributed by atoms with Crippen molar-refractivity contribution in [2.45, 2.75) is 81.3 Å². The number of β-amino-alcohol motifs (C(OH)–C–C–N with tert-alkyl or cyclic N) is 1.